The Morgan fingerprint density at radius 1 is 1.69 bits per heavy atom. The van der Waals surface area contributed by atoms with E-state index in [1.807, 2.05) is 0 Å². The molecule has 0 amide bonds. The maximum atomic E-state index is 12.1. The molecule has 3 nitrogen and oxygen atoms in total. The van der Waals surface area contributed by atoms with Gasteiger partial charge < -0.3 is 5.11 Å². The molecule has 1 aliphatic rings. The lowest BCUT2D eigenvalue weighted by molar-refractivity contribution is -0.0600. The minimum absolute atomic E-state index is 0.380. The van der Waals surface area contributed by atoms with Crippen molar-refractivity contribution in [2.24, 2.45) is 5.10 Å². The molecular formula is C6H7F3N2OS. The lowest BCUT2D eigenvalue weighted by Gasteiger charge is -2.14. The van der Waals surface area contributed by atoms with Crippen LogP contribution in [0.4, 0.5) is 13.2 Å². The van der Waals surface area contributed by atoms with E-state index in [-0.39, 0.29) is 6.42 Å². The molecule has 0 fully saturated rings. The number of nitrogens with zero attached hydrogens (tertiary/aromatic N) is 2. The Bertz CT molecular complexity index is 263. The number of hydrogen-bond acceptors (Lipinski definition) is 3. The zero-order valence-corrected chi connectivity index (χ0v) is 7.48. The summed E-state index contributed by atoms with van der Waals surface area (Å²) in [7, 11) is 1.34. The summed E-state index contributed by atoms with van der Waals surface area (Å²) in [6.45, 7) is 0. The molecule has 1 heterocycles. The number of likely N-dealkylation sites (N-methyl/N-ethyl adjacent to an activating group) is 1. The standard InChI is InChI=1S/C6H7F3N2OS/c1-11-3(5(12)13)2-4(10-11)6(7,8)9/h3H,2H2,1H3,(H,12,13)/t3-/m0/s1. The number of hydrogen-bond donors (Lipinski definition) is 1. The van der Waals surface area contributed by atoms with Crippen molar-refractivity contribution in [3.8, 4) is 0 Å². The van der Waals surface area contributed by atoms with E-state index >= 15 is 0 Å². The lowest BCUT2D eigenvalue weighted by Crippen LogP contribution is -2.31. The molecule has 13 heavy (non-hydrogen) atoms. The quantitative estimate of drug-likeness (QED) is 0.669. The van der Waals surface area contributed by atoms with Crippen LogP contribution in [0, 0.1) is 0 Å². The van der Waals surface area contributed by atoms with E-state index in [1.54, 1.807) is 0 Å². The number of aliphatic hydroxyl groups excluding tert-OH is 1. The predicted molar refractivity (Wildman–Crippen MR) is 44.9 cm³/mol. The molecule has 1 atom stereocenters. The largest absolute Gasteiger partial charge is 0.500 e. The molecule has 7 heteroatoms. The maximum Gasteiger partial charge on any atom is 0.431 e. The molecule has 74 valence electrons. The van der Waals surface area contributed by atoms with Crippen molar-refractivity contribution in [2.45, 2.75) is 18.6 Å². The Hall–Kier alpha value is -0.850. The van der Waals surface area contributed by atoms with Gasteiger partial charge in [0.2, 0.25) is 0 Å². The number of aliphatic hydroxyl groups is 1. The summed E-state index contributed by atoms with van der Waals surface area (Å²) in [6.07, 6.45) is -4.82. The second kappa shape index (κ2) is 3.13. The van der Waals surface area contributed by atoms with E-state index in [4.69, 9.17) is 5.11 Å². The maximum absolute atomic E-state index is 12.1. The first-order valence-corrected chi connectivity index (χ1v) is 3.83. The first-order chi connectivity index (χ1) is 5.82. The molecule has 0 aromatic carbocycles. The van der Waals surface area contributed by atoms with Gasteiger partial charge in [-0.05, 0) is 12.2 Å². The third-order valence-corrected chi connectivity index (χ3v) is 2.00. The van der Waals surface area contributed by atoms with Crippen molar-refractivity contribution >= 4 is 23.0 Å². The highest BCUT2D eigenvalue weighted by Crippen LogP contribution is 2.26. The van der Waals surface area contributed by atoms with Gasteiger partial charge in [-0.2, -0.15) is 18.3 Å². The number of alkyl halides is 3. The molecule has 0 spiro atoms. The summed E-state index contributed by atoms with van der Waals surface area (Å²) in [5.41, 5.74) is -0.906. The van der Waals surface area contributed by atoms with Gasteiger partial charge in [0.05, 0.1) is 0 Å². The summed E-state index contributed by atoms with van der Waals surface area (Å²) in [5.74, 6) is 0. The Kier molecular flexibility index (Phi) is 2.47. The zero-order chi connectivity index (χ0) is 10.2. The van der Waals surface area contributed by atoms with Crippen LogP contribution >= 0.6 is 12.2 Å². The Morgan fingerprint density at radius 3 is 2.46 bits per heavy atom. The number of hydrazone groups is 1. The Labute approximate surface area is 77.8 Å². The molecule has 0 radical (unpaired) electrons. The first kappa shape index (κ1) is 10.2. The van der Waals surface area contributed by atoms with Gasteiger partial charge in [-0.15, -0.1) is 0 Å². The molecular weight excluding hydrogens is 205 g/mol. The smallest absolute Gasteiger partial charge is 0.431 e. The highest BCUT2D eigenvalue weighted by atomic mass is 32.1. The molecule has 0 aromatic rings. The predicted octanol–water partition coefficient (Wildman–Crippen LogP) is 1.49. The molecule has 0 bridgehead atoms. The molecule has 0 unspecified atom stereocenters. The topological polar surface area (TPSA) is 35.8 Å². The fourth-order valence-electron chi connectivity index (χ4n) is 1.04. The molecule has 0 aromatic heterocycles. The summed E-state index contributed by atoms with van der Waals surface area (Å²) >= 11 is 4.38. The minimum Gasteiger partial charge on any atom is -0.500 e. The second-order valence-corrected chi connectivity index (χ2v) is 3.09. The molecule has 1 aliphatic heterocycles. The van der Waals surface area contributed by atoms with E-state index in [0.717, 1.165) is 5.01 Å². The van der Waals surface area contributed by atoms with Gasteiger partial charge in [-0.25, -0.2) is 0 Å². The van der Waals surface area contributed by atoms with Crippen molar-refractivity contribution in [2.75, 3.05) is 7.05 Å². The molecule has 0 saturated carbocycles. The highest BCUT2D eigenvalue weighted by molar-refractivity contribution is 7.80. The third-order valence-electron chi connectivity index (χ3n) is 1.73. The van der Waals surface area contributed by atoms with Crippen LogP contribution in [0.3, 0.4) is 0 Å². The summed E-state index contributed by atoms with van der Waals surface area (Å²) < 4.78 is 36.3. The first-order valence-electron chi connectivity index (χ1n) is 3.42. The van der Waals surface area contributed by atoms with Crippen LogP contribution in [0.2, 0.25) is 0 Å². The second-order valence-electron chi connectivity index (χ2n) is 2.68. The van der Waals surface area contributed by atoms with Gasteiger partial charge in [0.25, 0.3) is 0 Å². The van der Waals surface area contributed by atoms with Crippen LogP contribution in [0.15, 0.2) is 5.10 Å². The van der Waals surface area contributed by atoms with Crippen LogP contribution in [-0.2, 0) is 0 Å². The summed E-state index contributed by atoms with van der Waals surface area (Å²) in [4.78, 5) is 0. The van der Waals surface area contributed by atoms with Gasteiger partial charge in [0, 0.05) is 13.5 Å². The van der Waals surface area contributed by atoms with E-state index in [0.29, 0.717) is 0 Å². The normalized spacial score (nSPS) is 23.2. The van der Waals surface area contributed by atoms with Gasteiger partial charge in [0.1, 0.15) is 11.8 Å². The number of halogens is 3. The van der Waals surface area contributed by atoms with E-state index < -0.39 is 23.0 Å². The zero-order valence-electron chi connectivity index (χ0n) is 6.67. The van der Waals surface area contributed by atoms with E-state index in [1.165, 1.54) is 7.05 Å². The van der Waals surface area contributed by atoms with E-state index in [9.17, 15) is 13.2 Å². The van der Waals surface area contributed by atoms with Crippen molar-refractivity contribution < 1.29 is 18.3 Å². The molecule has 0 aliphatic carbocycles. The van der Waals surface area contributed by atoms with Crippen LogP contribution in [0.5, 0.6) is 0 Å². The van der Waals surface area contributed by atoms with Crippen molar-refractivity contribution in [1.29, 1.82) is 0 Å². The van der Waals surface area contributed by atoms with Crippen LogP contribution < -0.4 is 0 Å². The Morgan fingerprint density at radius 2 is 2.23 bits per heavy atom. The van der Waals surface area contributed by atoms with Crippen molar-refractivity contribution in [3.05, 3.63) is 0 Å². The average molecular weight is 212 g/mol. The number of thiocarbonyl (C=S) groups is 1. The SMILES string of the molecule is CN1N=C(C(F)(F)F)C[C@H]1C(O)=S. The van der Waals surface area contributed by atoms with Gasteiger partial charge in [0.15, 0.2) is 5.05 Å². The van der Waals surface area contributed by atoms with Gasteiger partial charge in [-0.1, -0.05) is 0 Å². The van der Waals surface area contributed by atoms with Crippen LogP contribution in [0.25, 0.3) is 0 Å². The van der Waals surface area contributed by atoms with Crippen LogP contribution in [0.1, 0.15) is 6.42 Å². The fourth-order valence-corrected chi connectivity index (χ4v) is 1.27. The highest BCUT2D eigenvalue weighted by Gasteiger charge is 2.42. The molecule has 0 saturated heterocycles. The number of rotatable bonds is 1. The van der Waals surface area contributed by atoms with Crippen molar-refractivity contribution in [1.82, 2.24) is 5.01 Å². The third kappa shape index (κ3) is 2.09. The monoisotopic (exact) mass is 212 g/mol. The summed E-state index contributed by atoms with van der Waals surface area (Å²) in [6, 6.07) is -0.827. The Balaban J connectivity index is 2.77. The lowest BCUT2D eigenvalue weighted by atomic mass is 10.1. The minimum atomic E-state index is -4.44. The van der Waals surface area contributed by atoms with E-state index in [2.05, 4.69) is 17.3 Å². The van der Waals surface area contributed by atoms with Crippen LogP contribution in [-0.4, -0.2) is 40.1 Å². The van der Waals surface area contributed by atoms with Gasteiger partial charge >= 0.3 is 6.18 Å². The average Bonchev–Trinajstić information content (AvgIpc) is 2.29. The molecule has 1 N–H and O–H groups in total. The summed E-state index contributed by atoms with van der Waals surface area (Å²) in [5, 5.41) is 12.6. The van der Waals surface area contributed by atoms with Crippen molar-refractivity contribution in [3.63, 3.8) is 0 Å². The molecule has 1 rings (SSSR count). The fraction of sp³-hybridized carbons (Fsp3) is 0.667. The van der Waals surface area contributed by atoms with Gasteiger partial charge in [-0.3, -0.25) is 5.01 Å².